The van der Waals surface area contributed by atoms with E-state index in [4.69, 9.17) is 22.4 Å². The number of carboxylic acids is 1. The van der Waals surface area contributed by atoms with Crippen molar-refractivity contribution >= 4 is 23.6 Å². The van der Waals surface area contributed by atoms with E-state index in [2.05, 4.69) is 0 Å². The molecule has 1 aromatic carbocycles. The molecule has 0 radical (unpaired) electrons. The molecule has 4 heteroatoms. The van der Waals surface area contributed by atoms with Gasteiger partial charge in [0, 0.05) is 5.02 Å². The number of aromatic carboxylic acids is 1. The highest BCUT2D eigenvalue weighted by atomic mass is 35.5. The molecule has 1 aromatic rings. The smallest absolute Gasteiger partial charge is 0.335 e. The third-order valence-electron chi connectivity index (χ3n) is 1.88. The third kappa shape index (κ3) is 3.38. The predicted molar refractivity (Wildman–Crippen MR) is 61.1 cm³/mol. The van der Waals surface area contributed by atoms with Crippen molar-refractivity contribution in [3.05, 3.63) is 40.4 Å². The summed E-state index contributed by atoms with van der Waals surface area (Å²) in [5.74, 6) is -0.977. The molecule has 0 amide bonds. The van der Waals surface area contributed by atoms with Crippen LogP contribution in [0.25, 0.3) is 6.08 Å². The van der Waals surface area contributed by atoms with Gasteiger partial charge < -0.3 is 10.8 Å². The number of rotatable bonds is 4. The van der Waals surface area contributed by atoms with Gasteiger partial charge in [0.1, 0.15) is 0 Å². The lowest BCUT2D eigenvalue weighted by atomic mass is 10.1. The predicted octanol–water partition coefficient (Wildman–Crippen LogP) is 2.40. The summed E-state index contributed by atoms with van der Waals surface area (Å²) in [5.41, 5.74) is 6.32. The van der Waals surface area contributed by atoms with Gasteiger partial charge in [-0.3, -0.25) is 0 Å². The first-order chi connectivity index (χ1) is 7.15. The fourth-order valence-electron chi connectivity index (χ4n) is 1.10. The summed E-state index contributed by atoms with van der Waals surface area (Å²) in [6, 6.07) is 4.64. The Bertz CT molecular complexity index is 388. The van der Waals surface area contributed by atoms with Crippen LogP contribution in [0, 0.1) is 0 Å². The molecule has 3 nitrogen and oxygen atoms in total. The van der Waals surface area contributed by atoms with E-state index < -0.39 is 5.97 Å². The largest absolute Gasteiger partial charge is 0.478 e. The lowest BCUT2D eigenvalue weighted by Crippen LogP contribution is -1.96. The van der Waals surface area contributed by atoms with Crippen molar-refractivity contribution in [1.29, 1.82) is 0 Å². The second-order valence-electron chi connectivity index (χ2n) is 3.02. The molecule has 0 aliphatic rings. The average Bonchev–Trinajstić information content (AvgIpc) is 2.20. The van der Waals surface area contributed by atoms with Gasteiger partial charge in [-0.05, 0) is 30.7 Å². The van der Waals surface area contributed by atoms with Crippen LogP contribution in [0.1, 0.15) is 22.3 Å². The van der Waals surface area contributed by atoms with Gasteiger partial charge in [0.2, 0.25) is 0 Å². The van der Waals surface area contributed by atoms with E-state index in [1.807, 2.05) is 12.2 Å². The number of carboxylic acid groups (broad SMARTS) is 1. The van der Waals surface area contributed by atoms with Gasteiger partial charge in [-0.25, -0.2) is 4.79 Å². The van der Waals surface area contributed by atoms with Crippen molar-refractivity contribution in [2.24, 2.45) is 5.73 Å². The molecule has 0 atom stereocenters. The van der Waals surface area contributed by atoms with Gasteiger partial charge in [-0.15, -0.1) is 0 Å². The molecule has 0 saturated carbocycles. The quantitative estimate of drug-likeness (QED) is 0.827. The number of benzene rings is 1. The molecule has 1 rings (SSSR count). The molecule has 0 bridgehead atoms. The number of hydrogen-bond acceptors (Lipinski definition) is 2. The molecule has 0 fully saturated rings. The van der Waals surface area contributed by atoms with E-state index in [0.29, 0.717) is 11.6 Å². The van der Waals surface area contributed by atoms with Crippen LogP contribution in [0.4, 0.5) is 0 Å². The van der Waals surface area contributed by atoms with Gasteiger partial charge in [0.25, 0.3) is 0 Å². The molecule has 0 spiro atoms. The van der Waals surface area contributed by atoms with Crippen LogP contribution in [0.3, 0.4) is 0 Å². The highest BCUT2D eigenvalue weighted by Gasteiger charge is 2.04. The zero-order valence-corrected chi connectivity index (χ0v) is 8.87. The van der Waals surface area contributed by atoms with E-state index >= 15 is 0 Å². The van der Waals surface area contributed by atoms with E-state index in [1.165, 1.54) is 12.1 Å². The van der Waals surface area contributed by atoms with Crippen LogP contribution in [-0.4, -0.2) is 17.6 Å². The Hall–Kier alpha value is -1.32. The lowest BCUT2D eigenvalue weighted by Gasteiger charge is -2.00. The first-order valence-corrected chi connectivity index (χ1v) is 4.92. The number of carbonyl (C=O) groups is 1. The summed E-state index contributed by atoms with van der Waals surface area (Å²) in [5, 5.41) is 9.15. The van der Waals surface area contributed by atoms with Gasteiger partial charge in [0.05, 0.1) is 5.56 Å². The van der Waals surface area contributed by atoms with Crippen LogP contribution in [0.15, 0.2) is 24.3 Å². The second kappa shape index (κ2) is 5.53. The van der Waals surface area contributed by atoms with E-state index in [0.717, 1.165) is 12.0 Å². The molecule has 0 unspecified atom stereocenters. The first kappa shape index (κ1) is 11.8. The van der Waals surface area contributed by atoms with Gasteiger partial charge in [-0.2, -0.15) is 0 Å². The fourth-order valence-corrected chi connectivity index (χ4v) is 1.35. The highest BCUT2D eigenvalue weighted by Crippen LogP contribution is 2.19. The van der Waals surface area contributed by atoms with Crippen molar-refractivity contribution in [2.75, 3.05) is 6.54 Å². The maximum Gasteiger partial charge on any atom is 0.335 e. The topological polar surface area (TPSA) is 63.3 Å². The van der Waals surface area contributed by atoms with Crippen molar-refractivity contribution in [3.8, 4) is 0 Å². The Balaban J connectivity index is 2.88. The van der Waals surface area contributed by atoms with Crippen LogP contribution >= 0.6 is 11.6 Å². The van der Waals surface area contributed by atoms with Crippen molar-refractivity contribution in [1.82, 2.24) is 0 Å². The second-order valence-corrected chi connectivity index (χ2v) is 3.43. The zero-order chi connectivity index (χ0) is 11.3. The van der Waals surface area contributed by atoms with Crippen LogP contribution in [-0.2, 0) is 0 Å². The first-order valence-electron chi connectivity index (χ1n) is 4.54. The van der Waals surface area contributed by atoms with E-state index in [9.17, 15) is 4.79 Å². The molecule has 3 N–H and O–H groups in total. The maximum absolute atomic E-state index is 10.6. The molecular formula is C11H12ClNO2. The van der Waals surface area contributed by atoms with Crippen LogP contribution < -0.4 is 5.73 Å². The van der Waals surface area contributed by atoms with Crippen molar-refractivity contribution in [3.63, 3.8) is 0 Å². The average molecular weight is 226 g/mol. The molecule has 0 aliphatic carbocycles. The Morgan fingerprint density at radius 2 is 2.27 bits per heavy atom. The summed E-state index contributed by atoms with van der Waals surface area (Å²) in [7, 11) is 0. The zero-order valence-electron chi connectivity index (χ0n) is 8.11. The van der Waals surface area contributed by atoms with Crippen LogP contribution in [0.2, 0.25) is 5.02 Å². The lowest BCUT2D eigenvalue weighted by molar-refractivity contribution is 0.0697. The molecule has 0 saturated heterocycles. The summed E-state index contributed by atoms with van der Waals surface area (Å²) >= 11 is 5.91. The van der Waals surface area contributed by atoms with Crippen molar-refractivity contribution in [2.45, 2.75) is 6.42 Å². The minimum absolute atomic E-state index is 0.191. The summed E-state index contributed by atoms with van der Waals surface area (Å²) in [4.78, 5) is 10.6. The molecule has 0 heterocycles. The Morgan fingerprint density at radius 1 is 1.53 bits per heavy atom. The Morgan fingerprint density at radius 3 is 2.80 bits per heavy atom. The minimum atomic E-state index is -0.977. The summed E-state index contributed by atoms with van der Waals surface area (Å²) < 4.78 is 0. The van der Waals surface area contributed by atoms with E-state index in [-0.39, 0.29) is 5.56 Å². The fraction of sp³-hybridized carbons (Fsp3) is 0.182. The molecular weight excluding hydrogens is 214 g/mol. The molecule has 0 aliphatic heterocycles. The molecule has 80 valence electrons. The normalized spacial score (nSPS) is 10.8. The van der Waals surface area contributed by atoms with Gasteiger partial charge in [-0.1, -0.05) is 29.8 Å². The van der Waals surface area contributed by atoms with Crippen LogP contribution in [0.5, 0.6) is 0 Å². The number of halogens is 1. The summed E-state index contributed by atoms with van der Waals surface area (Å²) in [6.07, 6.45) is 4.51. The van der Waals surface area contributed by atoms with Gasteiger partial charge in [0.15, 0.2) is 0 Å². The number of hydrogen-bond donors (Lipinski definition) is 2. The number of nitrogens with two attached hydrogens (primary N) is 1. The standard InChI is InChI=1S/C11H12ClNO2/c12-10-7-9(11(14)15)5-4-8(10)3-1-2-6-13/h1,3-5,7H,2,6,13H2,(H,14,15). The van der Waals surface area contributed by atoms with E-state index in [1.54, 1.807) is 6.07 Å². The Kier molecular flexibility index (Phi) is 4.34. The third-order valence-corrected chi connectivity index (χ3v) is 2.21. The highest BCUT2D eigenvalue weighted by molar-refractivity contribution is 6.32. The van der Waals surface area contributed by atoms with Gasteiger partial charge >= 0.3 is 5.97 Å². The molecule has 0 aromatic heterocycles. The SMILES string of the molecule is NCCC=Cc1ccc(C(=O)O)cc1Cl. The minimum Gasteiger partial charge on any atom is -0.478 e. The monoisotopic (exact) mass is 225 g/mol. The summed E-state index contributed by atoms with van der Waals surface area (Å²) in [6.45, 7) is 0.585. The molecule has 15 heavy (non-hydrogen) atoms. The van der Waals surface area contributed by atoms with Crippen molar-refractivity contribution < 1.29 is 9.90 Å². The Labute approximate surface area is 93.2 Å². The maximum atomic E-state index is 10.6.